The molecule has 15 heavy (non-hydrogen) atoms. The topological polar surface area (TPSA) is 72.8 Å². The maximum atomic E-state index is 12.0. The first kappa shape index (κ1) is 8.16. The summed E-state index contributed by atoms with van der Waals surface area (Å²) in [5.41, 5.74) is -0.407. The summed E-state index contributed by atoms with van der Waals surface area (Å²) >= 11 is 0. The monoisotopic (exact) mass is 212 g/mol. The highest BCUT2D eigenvalue weighted by Gasteiger charge is 2.03. The lowest BCUT2D eigenvalue weighted by molar-refractivity contribution is 0.191. The molecule has 0 aliphatic rings. The van der Waals surface area contributed by atoms with Crippen molar-refractivity contribution in [3.63, 3.8) is 0 Å². The number of tetrazole rings is 1. The number of benzene rings is 1. The van der Waals surface area contributed by atoms with Crippen LogP contribution in [-0.4, -0.2) is 27.1 Å². The number of aromatic amines is 1. The van der Waals surface area contributed by atoms with Gasteiger partial charge in [-0.2, -0.15) is 4.68 Å². The van der Waals surface area contributed by atoms with E-state index in [1.807, 2.05) is 0 Å². The molecule has 1 aromatic carbocycles. The SMILES string of the molecule is [3H]c1c(OCF)cccc1-n1nn[nH]c1=O. The van der Waals surface area contributed by atoms with E-state index in [4.69, 9.17) is 1.37 Å². The highest BCUT2D eigenvalue weighted by molar-refractivity contribution is 5.37. The van der Waals surface area contributed by atoms with E-state index >= 15 is 0 Å². The van der Waals surface area contributed by atoms with Crippen molar-refractivity contribution in [2.24, 2.45) is 0 Å². The number of ether oxygens (including phenoxy) is 1. The third-order valence-corrected chi connectivity index (χ3v) is 1.66. The summed E-state index contributed by atoms with van der Waals surface area (Å²) in [7, 11) is 0. The molecule has 0 spiro atoms. The molecule has 0 aliphatic carbocycles. The summed E-state index contributed by atoms with van der Waals surface area (Å²) < 4.78 is 25.2. The van der Waals surface area contributed by atoms with E-state index < -0.39 is 12.6 Å². The number of rotatable bonds is 3. The van der Waals surface area contributed by atoms with Gasteiger partial charge in [0, 0.05) is 6.04 Å². The van der Waals surface area contributed by atoms with Gasteiger partial charge in [-0.25, -0.2) is 14.3 Å². The largest absolute Gasteiger partial charge is 0.463 e. The van der Waals surface area contributed by atoms with Crippen molar-refractivity contribution in [1.29, 1.82) is 0 Å². The number of alkyl halides is 1. The van der Waals surface area contributed by atoms with Crippen LogP contribution in [0.5, 0.6) is 5.75 Å². The van der Waals surface area contributed by atoms with Gasteiger partial charge in [0.15, 0.2) is 0 Å². The Labute approximate surface area is 84.7 Å². The van der Waals surface area contributed by atoms with Crippen molar-refractivity contribution < 1.29 is 10.5 Å². The first-order valence-corrected chi connectivity index (χ1v) is 4.03. The van der Waals surface area contributed by atoms with Crippen LogP contribution in [0.4, 0.5) is 4.39 Å². The van der Waals surface area contributed by atoms with E-state index in [2.05, 4.69) is 20.3 Å². The van der Waals surface area contributed by atoms with Gasteiger partial charge in [0.1, 0.15) is 5.75 Å². The van der Waals surface area contributed by atoms with Gasteiger partial charge in [-0.3, -0.25) is 0 Å². The molecule has 0 amide bonds. The van der Waals surface area contributed by atoms with Crippen molar-refractivity contribution in [1.82, 2.24) is 20.2 Å². The van der Waals surface area contributed by atoms with Crippen LogP contribution in [-0.2, 0) is 0 Å². The first-order chi connectivity index (χ1) is 7.74. The fourth-order valence-electron chi connectivity index (χ4n) is 1.06. The Bertz CT molecular complexity index is 553. The van der Waals surface area contributed by atoms with Crippen LogP contribution in [0.25, 0.3) is 5.69 Å². The molecule has 78 valence electrons. The zero-order valence-corrected chi connectivity index (χ0v) is 7.48. The molecule has 0 atom stereocenters. The normalized spacial score (nSPS) is 11.1. The summed E-state index contributed by atoms with van der Waals surface area (Å²) in [4.78, 5) is 11.2. The molecule has 2 rings (SSSR count). The van der Waals surface area contributed by atoms with Gasteiger partial charge in [-0.15, -0.1) is 0 Å². The Hall–Kier alpha value is -2.18. The molecule has 1 N–H and O–H groups in total. The summed E-state index contributed by atoms with van der Waals surface area (Å²) in [5, 5.41) is 8.86. The van der Waals surface area contributed by atoms with Crippen LogP contribution in [0, 0.1) is 0 Å². The molecule has 0 aliphatic heterocycles. The second-order valence-electron chi connectivity index (χ2n) is 2.57. The summed E-state index contributed by atoms with van der Waals surface area (Å²) in [6, 6.07) is 4.31. The van der Waals surface area contributed by atoms with Crippen molar-refractivity contribution in [3.8, 4) is 11.4 Å². The Morgan fingerprint density at radius 1 is 1.67 bits per heavy atom. The third-order valence-electron chi connectivity index (χ3n) is 1.66. The van der Waals surface area contributed by atoms with Crippen molar-refractivity contribution >= 4 is 0 Å². The van der Waals surface area contributed by atoms with Gasteiger partial charge in [-0.05, 0) is 22.6 Å². The van der Waals surface area contributed by atoms with Gasteiger partial charge in [0.05, 0.1) is 7.06 Å². The summed E-state index contributed by atoms with van der Waals surface area (Å²) in [6.45, 7) is -1.04. The maximum Gasteiger partial charge on any atom is 0.365 e. The number of hydrogen-bond donors (Lipinski definition) is 1. The summed E-state index contributed by atoms with van der Waals surface area (Å²) in [5.74, 6) is 0.0369. The fraction of sp³-hybridized carbons (Fsp3) is 0.125. The lowest BCUT2D eigenvalue weighted by Gasteiger charge is -2.02. The molecule has 7 heteroatoms. The van der Waals surface area contributed by atoms with Gasteiger partial charge in [0.2, 0.25) is 6.86 Å². The van der Waals surface area contributed by atoms with E-state index in [-0.39, 0.29) is 17.5 Å². The Balaban J connectivity index is 2.54. The number of nitrogens with zero attached hydrogens (tertiary/aromatic N) is 3. The van der Waals surface area contributed by atoms with E-state index in [0.717, 1.165) is 4.68 Å². The van der Waals surface area contributed by atoms with Crippen molar-refractivity contribution in [3.05, 3.63) is 34.7 Å². The minimum atomic E-state index is -1.04. The molecule has 0 saturated carbocycles. The van der Waals surface area contributed by atoms with Crippen LogP contribution >= 0.6 is 0 Å². The molecule has 0 fully saturated rings. The number of hydrogen-bond acceptors (Lipinski definition) is 4. The Kier molecular flexibility index (Phi) is 2.12. The third kappa shape index (κ3) is 1.85. The smallest absolute Gasteiger partial charge is 0.365 e. The number of H-pyrrole nitrogens is 1. The number of halogens is 1. The van der Waals surface area contributed by atoms with Crippen molar-refractivity contribution in [2.75, 3.05) is 6.86 Å². The van der Waals surface area contributed by atoms with E-state index in [1.54, 1.807) is 0 Å². The van der Waals surface area contributed by atoms with E-state index in [0.29, 0.717) is 0 Å². The molecule has 0 bridgehead atoms. The van der Waals surface area contributed by atoms with Gasteiger partial charge in [-0.1, -0.05) is 6.07 Å². The fourth-order valence-corrected chi connectivity index (χ4v) is 1.06. The number of aromatic nitrogens is 4. The van der Waals surface area contributed by atoms with Gasteiger partial charge >= 0.3 is 5.69 Å². The van der Waals surface area contributed by atoms with Gasteiger partial charge in [0.25, 0.3) is 0 Å². The van der Waals surface area contributed by atoms with Crippen LogP contribution < -0.4 is 10.4 Å². The molecular weight excluding hydrogens is 203 g/mol. The Morgan fingerprint density at radius 2 is 2.53 bits per heavy atom. The second kappa shape index (κ2) is 3.91. The predicted molar refractivity (Wildman–Crippen MR) is 48.6 cm³/mol. The maximum absolute atomic E-state index is 12.0. The molecule has 0 saturated heterocycles. The lowest BCUT2D eigenvalue weighted by Crippen LogP contribution is -2.15. The Morgan fingerprint density at radius 3 is 3.20 bits per heavy atom. The second-order valence-corrected chi connectivity index (χ2v) is 2.57. The minimum absolute atomic E-state index is 0.0369. The zero-order valence-electron chi connectivity index (χ0n) is 8.48. The lowest BCUT2D eigenvalue weighted by atomic mass is 10.3. The van der Waals surface area contributed by atoms with Crippen molar-refractivity contribution in [2.45, 2.75) is 0 Å². The van der Waals surface area contributed by atoms with Crippen LogP contribution in [0.3, 0.4) is 0 Å². The van der Waals surface area contributed by atoms with E-state index in [9.17, 15) is 9.18 Å². The number of nitrogens with one attached hydrogen (secondary N) is 1. The predicted octanol–water partition coefficient (Wildman–Crippen LogP) is 0.261. The molecule has 0 radical (unpaired) electrons. The van der Waals surface area contributed by atoms with Crippen LogP contribution in [0.2, 0.25) is 0 Å². The average molecular weight is 212 g/mol. The highest BCUT2D eigenvalue weighted by atomic mass is 19.1. The highest BCUT2D eigenvalue weighted by Crippen LogP contribution is 2.14. The average Bonchev–Trinajstić information content (AvgIpc) is 2.68. The molecule has 1 aromatic heterocycles. The molecule has 0 unspecified atom stereocenters. The molecular formula is C8H7FN4O2. The standard InChI is InChI=1S/C8H7FN4O2/c9-5-15-7-3-1-2-6(4-7)13-8(14)10-11-12-13/h1-4H,5H2,(H,10,12,14)/i4T. The quantitative estimate of drug-likeness (QED) is 0.792. The zero-order chi connectivity index (χ0) is 11.5. The van der Waals surface area contributed by atoms with E-state index in [1.165, 1.54) is 18.2 Å². The minimum Gasteiger partial charge on any atom is -0.463 e. The van der Waals surface area contributed by atoms with Crippen LogP contribution in [0.1, 0.15) is 1.37 Å². The molecule has 2 aromatic rings. The first-order valence-electron chi connectivity index (χ1n) is 4.53. The summed E-state index contributed by atoms with van der Waals surface area (Å²) in [6.07, 6.45) is 0. The van der Waals surface area contributed by atoms with Gasteiger partial charge < -0.3 is 4.74 Å². The molecule has 6 nitrogen and oxygen atoms in total. The molecule has 1 heterocycles. The van der Waals surface area contributed by atoms with Crippen LogP contribution in [0.15, 0.2) is 29.0 Å².